The van der Waals surface area contributed by atoms with Crippen LogP contribution in [-0.2, 0) is 6.42 Å². The predicted molar refractivity (Wildman–Crippen MR) is 114 cm³/mol. The lowest BCUT2D eigenvalue weighted by Crippen LogP contribution is -2.50. The van der Waals surface area contributed by atoms with Gasteiger partial charge in [0, 0.05) is 29.1 Å². The number of hydrogen-bond acceptors (Lipinski definition) is 4. The van der Waals surface area contributed by atoms with Gasteiger partial charge >= 0.3 is 6.03 Å². The Kier molecular flexibility index (Phi) is 6.86. The van der Waals surface area contributed by atoms with Gasteiger partial charge in [-0.1, -0.05) is 12.1 Å². The molecule has 2 aromatic carbocycles. The summed E-state index contributed by atoms with van der Waals surface area (Å²) in [6.45, 7) is 1.29. The highest BCUT2D eigenvalue weighted by atomic mass is 32.2. The van der Waals surface area contributed by atoms with Gasteiger partial charge < -0.3 is 20.1 Å². The molecule has 0 unspecified atom stereocenters. The number of likely N-dealkylation sites (tertiary alicyclic amines) is 1. The van der Waals surface area contributed by atoms with E-state index in [1.807, 2.05) is 59.7 Å². The summed E-state index contributed by atoms with van der Waals surface area (Å²) in [7, 11) is 1.65. The van der Waals surface area contributed by atoms with E-state index in [-0.39, 0.29) is 18.1 Å². The summed E-state index contributed by atoms with van der Waals surface area (Å²) < 4.78 is 5.31. The number of nitrogens with zero attached hydrogens (tertiary/aromatic N) is 1. The number of nitrogens with one attached hydrogen (secondary N) is 1. The van der Waals surface area contributed by atoms with Crippen LogP contribution in [0.3, 0.4) is 0 Å². The third-order valence-electron chi connectivity index (χ3n) is 5.34. The fourth-order valence-corrected chi connectivity index (χ4v) is 4.21. The molecule has 0 saturated carbocycles. The van der Waals surface area contributed by atoms with Crippen LogP contribution in [-0.4, -0.2) is 49.1 Å². The van der Waals surface area contributed by atoms with Gasteiger partial charge in [0.25, 0.3) is 0 Å². The van der Waals surface area contributed by atoms with E-state index in [1.54, 1.807) is 18.9 Å². The quantitative estimate of drug-likeness (QED) is 0.711. The van der Waals surface area contributed by atoms with Gasteiger partial charge in [-0.05, 0) is 67.5 Å². The molecule has 28 heavy (non-hydrogen) atoms. The summed E-state index contributed by atoms with van der Waals surface area (Å²) in [6.07, 6.45) is 4.52. The lowest BCUT2D eigenvalue weighted by atomic mass is 9.76. The second-order valence-electron chi connectivity index (χ2n) is 7.37. The maximum absolute atomic E-state index is 12.8. The number of carbonyl (C=O) groups is 1. The second-order valence-corrected chi connectivity index (χ2v) is 8.25. The molecule has 1 aliphatic rings. The van der Waals surface area contributed by atoms with Gasteiger partial charge in [-0.15, -0.1) is 11.8 Å². The minimum atomic E-state index is -0.329. The summed E-state index contributed by atoms with van der Waals surface area (Å²) >= 11 is 1.67. The Hall–Kier alpha value is -2.18. The minimum absolute atomic E-state index is 0.0520. The zero-order chi connectivity index (χ0) is 20.0. The first-order valence-corrected chi connectivity index (χ1v) is 10.7. The number of rotatable bonds is 6. The van der Waals surface area contributed by atoms with Crippen LogP contribution in [0.25, 0.3) is 0 Å². The molecule has 1 fully saturated rings. The lowest BCUT2D eigenvalue weighted by molar-refractivity contribution is 0.0500. The number of hydrogen-bond donors (Lipinski definition) is 2. The molecule has 0 aromatic heterocycles. The molecular formula is C22H28N2O3S. The molecule has 2 aromatic rings. The van der Waals surface area contributed by atoms with Gasteiger partial charge in [-0.2, -0.15) is 0 Å². The predicted octanol–water partition coefficient (Wildman–Crippen LogP) is 4.27. The normalized spacial score (nSPS) is 19.3. The summed E-state index contributed by atoms with van der Waals surface area (Å²) in [5.74, 6) is 0.810. The summed E-state index contributed by atoms with van der Waals surface area (Å²) in [5.41, 5.74) is 1.57. The van der Waals surface area contributed by atoms with Crippen molar-refractivity contribution in [2.45, 2.75) is 24.2 Å². The number of carbonyl (C=O) groups excluding carboxylic acids is 1. The Morgan fingerprint density at radius 3 is 2.75 bits per heavy atom. The molecule has 3 rings (SSSR count). The number of anilines is 1. The molecule has 1 aliphatic heterocycles. The molecule has 6 heteroatoms. The molecule has 2 amide bonds. The Balaban J connectivity index is 1.68. The van der Waals surface area contributed by atoms with Gasteiger partial charge in [0.05, 0.1) is 13.7 Å². The Morgan fingerprint density at radius 1 is 1.29 bits per heavy atom. The third-order valence-corrected chi connectivity index (χ3v) is 6.08. The third kappa shape index (κ3) is 5.00. The van der Waals surface area contributed by atoms with Crippen molar-refractivity contribution in [2.24, 2.45) is 5.41 Å². The Bertz CT molecular complexity index is 797. The molecular weight excluding hydrogens is 372 g/mol. The fourth-order valence-electron chi connectivity index (χ4n) is 3.80. The second kappa shape index (κ2) is 9.34. The van der Waals surface area contributed by atoms with Gasteiger partial charge in [0.1, 0.15) is 5.75 Å². The SMILES string of the molecule is COc1cccc(C[C@]2(CO)CCCN(C(=O)Nc3ccc(SC)cc3)C2)c1. The highest BCUT2D eigenvalue weighted by Crippen LogP contribution is 2.34. The highest BCUT2D eigenvalue weighted by Gasteiger charge is 2.37. The van der Waals surface area contributed by atoms with E-state index in [1.165, 1.54) is 0 Å². The number of methoxy groups -OCH3 is 1. The lowest BCUT2D eigenvalue weighted by Gasteiger charge is -2.42. The summed E-state index contributed by atoms with van der Waals surface area (Å²) in [4.78, 5) is 15.8. The first-order chi connectivity index (χ1) is 13.6. The molecule has 1 heterocycles. The first-order valence-electron chi connectivity index (χ1n) is 9.51. The average Bonchev–Trinajstić information content (AvgIpc) is 2.74. The number of urea groups is 1. The van der Waals surface area contributed by atoms with E-state index in [4.69, 9.17) is 4.74 Å². The minimum Gasteiger partial charge on any atom is -0.497 e. The molecule has 0 radical (unpaired) electrons. The number of piperidine rings is 1. The van der Waals surface area contributed by atoms with Crippen LogP contribution in [0.15, 0.2) is 53.4 Å². The maximum atomic E-state index is 12.8. The summed E-state index contributed by atoms with van der Waals surface area (Å²) in [5, 5.41) is 13.2. The van der Waals surface area contributed by atoms with Crippen molar-refractivity contribution in [3.05, 3.63) is 54.1 Å². The number of aliphatic hydroxyl groups excluding tert-OH is 1. The molecule has 1 atom stereocenters. The largest absolute Gasteiger partial charge is 0.497 e. The van der Waals surface area contributed by atoms with Crippen LogP contribution >= 0.6 is 11.8 Å². The van der Waals surface area contributed by atoms with E-state index in [2.05, 4.69) is 5.32 Å². The van der Waals surface area contributed by atoms with Crippen molar-refractivity contribution in [3.8, 4) is 5.75 Å². The van der Waals surface area contributed by atoms with Crippen LogP contribution in [0.5, 0.6) is 5.75 Å². The molecule has 0 bridgehead atoms. The van der Waals surface area contributed by atoms with Gasteiger partial charge in [-0.3, -0.25) is 0 Å². The standard InChI is InChI=1S/C22H28N2O3S/c1-27-19-6-3-5-17(13-19)14-22(16-25)11-4-12-24(15-22)21(26)23-18-7-9-20(28-2)10-8-18/h3,5-10,13,25H,4,11-12,14-16H2,1-2H3,(H,23,26)/t22-/m1/s1. The number of amides is 2. The van der Waals surface area contributed by atoms with Gasteiger partial charge in [0.15, 0.2) is 0 Å². The zero-order valence-electron chi connectivity index (χ0n) is 16.5. The average molecular weight is 401 g/mol. The molecule has 0 spiro atoms. The zero-order valence-corrected chi connectivity index (χ0v) is 17.3. The van der Waals surface area contributed by atoms with Crippen molar-refractivity contribution < 1.29 is 14.6 Å². The number of ether oxygens (including phenoxy) is 1. The van der Waals surface area contributed by atoms with E-state index in [0.717, 1.165) is 34.7 Å². The monoisotopic (exact) mass is 400 g/mol. The van der Waals surface area contributed by atoms with Crippen molar-refractivity contribution in [2.75, 3.05) is 38.4 Å². The number of thioether (sulfide) groups is 1. The smallest absolute Gasteiger partial charge is 0.321 e. The van der Waals surface area contributed by atoms with Crippen molar-refractivity contribution in [3.63, 3.8) is 0 Å². The van der Waals surface area contributed by atoms with Crippen molar-refractivity contribution in [1.29, 1.82) is 0 Å². The van der Waals surface area contributed by atoms with Crippen LogP contribution in [0.2, 0.25) is 0 Å². The van der Waals surface area contributed by atoms with Crippen LogP contribution < -0.4 is 10.1 Å². The number of benzene rings is 2. The van der Waals surface area contributed by atoms with E-state index >= 15 is 0 Å². The van der Waals surface area contributed by atoms with E-state index < -0.39 is 0 Å². The molecule has 1 saturated heterocycles. The molecule has 0 aliphatic carbocycles. The van der Waals surface area contributed by atoms with Crippen LogP contribution in [0.4, 0.5) is 10.5 Å². The molecule has 5 nitrogen and oxygen atoms in total. The molecule has 2 N–H and O–H groups in total. The maximum Gasteiger partial charge on any atom is 0.321 e. The van der Waals surface area contributed by atoms with Gasteiger partial charge in [-0.25, -0.2) is 4.79 Å². The molecule has 150 valence electrons. The van der Waals surface area contributed by atoms with Crippen LogP contribution in [0, 0.1) is 5.41 Å². The van der Waals surface area contributed by atoms with E-state index in [9.17, 15) is 9.90 Å². The van der Waals surface area contributed by atoms with Crippen molar-refractivity contribution in [1.82, 2.24) is 4.90 Å². The van der Waals surface area contributed by atoms with Gasteiger partial charge in [0.2, 0.25) is 0 Å². The van der Waals surface area contributed by atoms with Crippen LogP contribution in [0.1, 0.15) is 18.4 Å². The van der Waals surface area contributed by atoms with E-state index in [0.29, 0.717) is 19.5 Å². The summed E-state index contributed by atoms with van der Waals surface area (Å²) in [6, 6.07) is 15.7. The highest BCUT2D eigenvalue weighted by molar-refractivity contribution is 7.98. The Morgan fingerprint density at radius 2 is 2.07 bits per heavy atom. The topological polar surface area (TPSA) is 61.8 Å². The first kappa shape index (κ1) is 20.6. The Labute approximate surface area is 171 Å². The van der Waals surface area contributed by atoms with Crippen molar-refractivity contribution >= 4 is 23.5 Å². The number of aliphatic hydroxyl groups is 1. The fraction of sp³-hybridized carbons (Fsp3) is 0.409.